The van der Waals surface area contributed by atoms with Crippen molar-refractivity contribution >= 4 is 22.5 Å². The van der Waals surface area contributed by atoms with E-state index in [9.17, 15) is 9.59 Å². The van der Waals surface area contributed by atoms with Crippen LogP contribution < -0.4 is 11.3 Å². The van der Waals surface area contributed by atoms with E-state index >= 15 is 0 Å². The highest BCUT2D eigenvalue weighted by atomic mass is 32.2. The van der Waals surface area contributed by atoms with Gasteiger partial charge < -0.3 is 15.4 Å². The Bertz CT molecular complexity index is 888. The molecular weight excluding hydrogens is 364 g/mol. The summed E-state index contributed by atoms with van der Waals surface area (Å²) in [6.45, 7) is 2.01. The van der Waals surface area contributed by atoms with E-state index < -0.39 is 0 Å². The van der Waals surface area contributed by atoms with Crippen molar-refractivity contribution in [3.8, 4) is 5.69 Å². The van der Waals surface area contributed by atoms with Gasteiger partial charge in [-0.15, -0.1) is 0 Å². The number of nitrogens with zero attached hydrogens (tertiary/aromatic N) is 3. The minimum Gasteiger partial charge on any atom is -0.392 e. The van der Waals surface area contributed by atoms with E-state index in [1.54, 1.807) is 4.90 Å². The van der Waals surface area contributed by atoms with Gasteiger partial charge in [0, 0.05) is 24.0 Å². The summed E-state index contributed by atoms with van der Waals surface area (Å²) in [5, 5.41) is 4.40. The number of hydrogen-bond acceptors (Lipinski definition) is 5. The molecule has 0 saturated carbocycles. The van der Waals surface area contributed by atoms with E-state index in [1.165, 1.54) is 4.68 Å². The number of anilines is 1. The van der Waals surface area contributed by atoms with Gasteiger partial charge in [0.05, 0.1) is 18.9 Å². The third-order valence-corrected chi connectivity index (χ3v) is 7.44. The third-order valence-electron chi connectivity index (χ3n) is 4.91. The van der Waals surface area contributed by atoms with Crippen LogP contribution in [0.15, 0.2) is 40.0 Å². The predicted octanol–water partition coefficient (Wildman–Crippen LogP) is 1.06. The molecule has 2 N–H and O–H groups in total. The quantitative estimate of drug-likeness (QED) is 0.796. The molecular formula is C19H23N4O3S+. The fourth-order valence-electron chi connectivity index (χ4n) is 3.47. The lowest BCUT2D eigenvalue weighted by molar-refractivity contribution is 0.0298. The zero-order valence-corrected chi connectivity index (χ0v) is 15.9. The van der Waals surface area contributed by atoms with Crippen LogP contribution in [0.2, 0.25) is 0 Å². The molecule has 0 spiro atoms. The largest absolute Gasteiger partial charge is 0.392 e. The summed E-state index contributed by atoms with van der Waals surface area (Å²) in [6.07, 6.45) is 2.17. The molecule has 0 radical (unpaired) electrons. The topological polar surface area (TPSA) is 90.4 Å². The molecule has 2 saturated heterocycles. The van der Waals surface area contributed by atoms with Gasteiger partial charge >= 0.3 is 5.56 Å². The van der Waals surface area contributed by atoms with Crippen LogP contribution in [0.4, 0.5) is 5.69 Å². The van der Waals surface area contributed by atoms with Crippen LogP contribution in [-0.4, -0.2) is 58.4 Å². The van der Waals surface area contributed by atoms with Gasteiger partial charge in [-0.05, 0) is 25.0 Å². The summed E-state index contributed by atoms with van der Waals surface area (Å²) < 4.78 is 6.67. The average molecular weight is 387 g/mol. The van der Waals surface area contributed by atoms with Crippen molar-refractivity contribution < 1.29 is 9.53 Å². The standard InChI is InChI=1S/C19H22N4O3S/c20-15-16(18(24)22-8-10-26-11-9-22)21-23(14-6-2-1-3-7-14)19(25)17(15)27-12-4-5-13-27/h1-3,6-7H,4-5,8-13H2,(H-,20,25)/p+1. The van der Waals surface area contributed by atoms with E-state index in [0.29, 0.717) is 36.9 Å². The number of amides is 1. The lowest BCUT2D eigenvalue weighted by Crippen LogP contribution is -2.42. The second-order valence-electron chi connectivity index (χ2n) is 6.66. The van der Waals surface area contributed by atoms with Gasteiger partial charge in [0.25, 0.3) is 5.91 Å². The molecule has 2 aliphatic rings. The minimum absolute atomic E-state index is 0.176. The summed E-state index contributed by atoms with van der Waals surface area (Å²) in [6, 6.07) is 9.21. The molecule has 4 rings (SSSR count). The van der Waals surface area contributed by atoms with Crippen LogP contribution in [0.3, 0.4) is 0 Å². The Morgan fingerprint density at radius 2 is 1.78 bits per heavy atom. The number of aromatic nitrogens is 2. The minimum atomic E-state index is -0.232. The summed E-state index contributed by atoms with van der Waals surface area (Å²) in [5.74, 6) is 1.66. The lowest BCUT2D eigenvalue weighted by atomic mass is 10.2. The van der Waals surface area contributed by atoms with E-state index in [2.05, 4.69) is 5.10 Å². The Morgan fingerprint density at radius 1 is 1.11 bits per heavy atom. The van der Waals surface area contributed by atoms with Crippen LogP contribution in [0, 0.1) is 0 Å². The second kappa shape index (κ2) is 7.74. The number of carbonyl (C=O) groups excluding carboxylic acids is 1. The van der Waals surface area contributed by atoms with Gasteiger partial charge in [0.1, 0.15) is 17.2 Å². The van der Waals surface area contributed by atoms with Crippen molar-refractivity contribution in [2.24, 2.45) is 0 Å². The molecule has 2 fully saturated rings. The molecule has 2 aliphatic heterocycles. The Balaban J connectivity index is 1.86. The first-order chi connectivity index (χ1) is 13.2. The molecule has 1 aromatic heterocycles. The Kier molecular flexibility index (Phi) is 5.18. The maximum absolute atomic E-state index is 13.2. The molecule has 142 valence electrons. The molecule has 2 aromatic rings. The van der Waals surface area contributed by atoms with E-state index in [4.69, 9.17) is 10.5 Å². The SMILES string of the molecule is Nc1c(C(=O)N2CCOCC2)nn(-c2ccccc2)c(=O)c1[S+]1CCCC1. The van der Waals surface area contributed by atoms with Crippen LogP contribution in [0.1, 0.15) is 23.3 Å². The molecule has 0 bridgehead atoms. The van der Waals surface area contributed by atoms with Crippen molar-refractivity contribution in [3.63, 3.8) is 0 Å². The number of nitrogen functional groups attached to an aromatic ring is 1. The zero-order valence-electron chi connectivity index (χ0n) is 15.1. The monoisotopic (exact) mass is 387 g/mol. The van der Waals surface area contributed by atoms with E-state index in [-0.39, 0.29) is 33.7 Å². The Hall–Kier alpha value is -2.32. The summed E-state index contributed by atoms with van der Waals surface area (Å²) in [5.41, 5.74) is 7.24. The van der Waals surface area contributed by atoms with Crippen molar-refractivity contribution in [2.45, 2.75) is 17.7 Å². The van der Waals surface area contributed by atoms with E-state index in [0.717, 1.165) is 24.3 Å². The van der Waals surface area contributed by atoms with Crippen LogP contribution in [-0.2, 0) is 15.6 Å². The molecule has 8 heteroatoms. The fourth-order valence-corrected chi connectivity index (χ4v) is 5.93. The van der Waals surface area contributed by atoms with Crippen molar-refractivity contribution in [1.29, 1.82) is 0 Å². The highest BCUT2D eigenvalue weighted by Gasteiger charge is 2.37. The second-order valence-corrected chi connectivity index (χ2v) is 8.87. The summed E-state index contributed by atoms with van der Waals surface area (Å²) in [7, 11) is -0.223. The van der Waals surface area contributed by atoms with Crippen molar-refractivity contribution in [1.82, 2.24) is 14.7 Å². The van der Waals surface area contributed by atoms with Gasteiger partial charge in [-0.1, -0.05) is 18.2 Å². The molecule has 1 aromatic carbocycles. The molecule has 0 atom stereocenters. The van der Waals surface area contributed by atoms with Crippen LogP contribution >= 0.6 is 0 Å². The molecule has 1 amide bonds. The first-order valence-electron chi connectivity index (χ1n) is 9.19. The molecule has 7 nitrogen and oxygen atoms in total. The average Bonchev–Trinajstić information content (AvgIpc) is 3.23. The lowest BCUT2D eigenvalue weighted by Gasteiger charge is -2.27. The normalized spacial score (nSPS) is 18.0. The van der Waals surface area contributed by atoms with Gasteiger partial charge in [-0.3, -0.25) is 9.59 Å². The smallest absolute Gasteiger partial charge is 0.329 e. The van der Waals surface area contributed by atoms with Gasteiger partial charge in [0.15, 0.2) is 5.69 Å². The third kappa shape index (κ3) is 3.46. The number of carbonyl (C=O) groups is 1. The zero-order chi connectivity index (χ0) is 18.8. The van der Waals surface area contributed by atoms with Crippen LogP contribution in [0.25, 0.3) is 5.69 Å². The van der Waals surface area contributed by atoms with Gasteiger partial charge in [-0.2, -0.15) is 9.78 Å². The fraction of sp³-hybridized carbons (Fsp3) is 0.421. The Labute approximate surface area is 160 Å². The highest BCUT2D eigenvalue weighted by Crippen LogP contribution is 2.27. The predicted molar refractivity (Wildman–Crippen MR) is 106 cm³/mol. The van der Waals surface area contributed by atoms with Crippen LogP contribution in [0.5, 0.6) is 0 Å². The summed E-state index contributed by atoms with van der Waals surface area (Å²) in [4.78, 5) is 28.6. The molecule has 27 heavy (non-hydrogen) atoms. The number of para-hydroxylation sites is 1. The van der Waals surface area contributed by atoms with Gasteiger partial charge in [0.2, 0.25) is 4.90 Å². The molecule has 0 unspecified atom stereocenters. The number of benzene rings is 1. The number of nitrogens with two attached hydrogens (primary N) is 1. The number of ether oxygens (including phenoxy) is 1. The Morgan fingerprint density at radius 3 is 2.44 bits per heavy atom. The molecule has 0 aliphatic carbocycles. The number of hydrogen-bond donors (Lipinski definition) is 1. The van der Waals surface area contributed by atoms with Crippen molar-refractivity contribution in [2.75, 3.05) is 43.5 Å². The first-order valence-corrected chi connectivity index (χ1v) is 10.8. The van der Waals surface area contributed by atoms with Crippen molar-refractivity contribution in [3.05, 3.63) is 46.4 Å². The maximum Gasteiger partial charge on any atom is 0.329 e. The summed E-state index contributed by atoms with van der Waals surface area (Å²) >= 11 is 0. The number of morpholine rings is 1. The highest BCUT2D eigenvalue weighted by molar-refractivity contribution is 7.97. The number of rotatable bonds is 3. The van der Waals surface area contributed by atoms with E-state index in [1.807, 2.05) is 30.3 Å². The molecule has 3 heterocycles. The first kappa shape index (κ1) is 18.1. The maximum atomic E-state index is 13.2. The van der Waals surface area contributed by atoms with Gasteiger partial charge in [-0.25, -0.2) is 0 Å².